The van der Waals surface area contributed by atoms with Gasteiger partial charge in [0.1, 0.15) is 13.7 Å². The molecule has 1 saturated heterocycles. The van der Waals surface area contributed by atoms with Crippen molar-refractivity contribution in [3.8, 4) is 17.3 Å². The van der Waals surface area contributed by atoms with E-state index in [1.807, 2.05) is 44.2 Å². The van der Waals surface area contributed by atoms with Crippen LogP contribution in [-0.2, 0) is 10.0 Å². The number of rotatable bonds is 6. The van der Waals surface area contributed by atoms with Gasteiger partial charge in [0.2, 0.25) is 10.0 Å². The fourth-order valence-corrected chi connectivity index (χ4v) is 6.30. The SMILES string of the molecule is Bc1cnn2c(NCC3CCCN(S(=O)(=O)c4ccc(C#N)cc4)C3)cc(-c3ccccc3Cl)nc12. The van der Waals surface area contributed by atoms with Gasteiger partial charge >= 0.3 is 0 Å². The minimum atomic E-state index is -3.63. The zero-order valence-corrected chi connectivity index (χ0v) is 21.3. The summed E-state index contributed by atoms with van der Waals surface area (Å²) in [5.41, 5.74) is 3.70. The van der Waals surface area contributed by atoms with Crippen LogP contribution >= 0.6 is 11.6 Å². The molecule has 1 atom stereocenters. The topological polar surface area (TPSA) is 103 Å². The maximum absolute atomic E-state index is 13.2. The number of sulfonamides is 1. The Morgan fingerprint density at radius 2 is 1.97 bits per heavy atom. The highest BCUT2D eigenvalue weighted by Crippen LogP contribution is 2.29. The van der Waals surface area contributed by atoms with Crippen molar-refractivity contribution in [2.75, 3.05) is 25.0 Å². The van der Waals surface area contributed by atoms with Crippen LogP contribution in [0.5, 0.6) is 0 Å². The van der Waals surface area contributed by atoms with Gasteiger partial charge in [-0.1, -0.05) is 29.8 Å². The van der Waals surface area contributed by atoms with Gasteiger partial charge in [0.15, 0.2) is 5.65 Å². The number of nitrogens with one attached hydrogen (secondary N) is 1. The highest BCUT2D eigenvalue weighted by atomic mass is 35.5. The predicted octanol–water partition coefficient (Wildman–Crippen LogP) is 2.69. The Morgan fingerprint density at radius 1 is 1.19 bits per heavy atom. The minimum absolute atomic E-state index is 0.121. The van der Waals surface area contributed by atoms with Gasteiger partial charge in [0.25, 0.3) is 0 Å². The van der Waals surface area contributed by atoms with Gasteiger partial charge in [0, 0.05) is 42.5 Å². The van der Waals surface area contributed by atoms with Crippen LogP contribution in [0.3, 0.4) is 0 Å². The molecular formula is C25H24BClN6O2S. The fraction of sp³-hybridized carbons (Fsp3) is 0.240. The quantitative estimate of drug-likeness (QED) is 0.394. The molecule has 0 spiro atoms. The van der Waals surface area contributed by atoms with Crippen LogP contribution in [0, 0.1) is 17.2 Å². The lowest BCUT2D eigenvalue weighted by atomic mass is 9.99. The molecule has 11 heteroatoms. The Hall–Kier alpha value is -3.39. The molecule has 3 heterocycles. The summed E-state index contributed by atoms with van der Waals surface area (Å²) in [5, 5.41) is 17.6. The lowest BCUT2D eigenvalue weighted by molar-refractivity contribution is 0.275. The van der Waals surface area contributed by atoms with E-state index >= 15 is 0 Å². The molecule has 5 rings (SSSR count). The maximum atomic E-state index is 13.2. The molecule has 2 aromatic heterocycles. The van der Waals surface area contributed by atoms with E-state index in [2.05, 4.69) is 10.4 Å². The van der Waals surface area contributed by atoms with Gasteiger partial charge in [-0.15, -0.1) is 0 Å². The lowest BCUT2D eigenvalue weighted by Gasteiger charge is -2.32. The van der Waals surface area contributed by atoms with Crippen molar-refractivity contribution >= 4 is 46.4 Å². The highest BCUT2D eigenvalue weighted by molar-refractivity contribution is 7.89. The number of anilines is 1. The summed E-state index contributed by atoms with van der Waals surface area (Å²) < 4.78 is 29.7. The van der Waals surface area contributed by atoms with E-state index in [0.29, 0.717) is 30.2 Å². The number of nitriles is 1. The zero-order chi connectivity index (χ0) is 25.3. The third-order valence-corrected chi connectivity index (χ3v) is 8.68. The summed E-state index contributed by atoms with van der Waals surface area (Å²) in [5.74, 6) is 0.894. The van der Waals surface area contributed by atoms with Gasteiger partial charge in [-0.25, -0.2) is 13.4 Å². The van der Waals surface area contributed by atoms with Crippen LogP contribution < -0.4 is 10.8 Å². The Kier molecular flexibility index (Phi) is 6.71. The number of benzene rings is 2. The molecule has 1 unspecified atom stereocenters. The van der Waals surface area contributed by atoms with Gasteiger partial charge in [0.05, 0.1) is 22.2 Å². The number of aromatic nitrogens is 3. The highest BCUT2D eigenvalue weighted by Gasteiger charge is 2.30. The Morgan fingerprint density at radius 3 is 2.72 bits per heavy atom. The molecule has 0 radical (unpaired) electrons. The van der Waals surface area contributed by atoms with E-state index < -0.39 is 10.0 Å². The predicted molar refractivity (Wildman–Crippen MR) is 143 cm³/mol. The fourth-order valence-electron chi connectivity index (χ4n) is 4.52. The number of fused-ring (bicyclic) bond motifs is 1. The molecule has 8 nitrogen and oxygen atoms in total. The second-order valence-corrected chi connectivity index (χ2v) is 11.3. The van der Waals surface area contributed by atoms with Crippen molar-refractivity contribution < 1.29 is 8.42 Å². The van der Waals surface area contributed by atoms with Crippen LogP contribution in [0.2, 0.25) is 5.02 Å². The van der Waals surface area contributed by atoms with Gasteiger partial charge < -0.3 is 5.32 Å². The summed E-state index contributed by atoms with van der Waals surface area (Å²) in [6.07, 6.45) is 3.46. The van der Waals surface area contributed by atoms with Crippen molar-refractivity contribution in [1.82, 2.24) is 18.9 Å². The molecule has 0 aliphatic carbocycles. The van der Waals surface area contributed by atoms with Gasteiger partial charge in [-0.2, -0.15) is 19.2 Å². The van der Waals surface area contributed by atoms with E-state index in [-0.39, 0.29) is 10.8 Å². The molecule has 4 aromatic rings. The third-order valence-electron chi connectivity index (χ3n) is 6.47. The van der Waals surface area contributed by atoms with E-state index in [4.69, 9.17) is 21.8 Å². The first kappa shape index (κ1) is 24.3. The van der Waals surface area contributed by atoms with Crippen molar-refractivity contribution in [2.45, 2.75) is 17.7 Å². The summed E-state index contributed by atoms with van der Waals surface area (Å²) >= 11 is 6.44. The normalized spacial score (nSPS) is 16.6. The summed E-state index contributed by atoms with van der Waals surface area (Å²) in [6.45, 7) is 1.48. The van der Waals surface area contributed by atoms with Crippen LogP contribution in [0.1, 0.15) is 18.4 Å². The Bertz CT molecular complexity index is 1570. The molecular weight excluding hydrogens is 495 g/mol. The summed E-state index contributed by atoms with van der Waals surface area (Å²) in [7, 11) is -1.67. The lowest BCUT2D eigenvalue weighted by Crippen LogP contribution is -2.41. The minimum Gasteiger partial charge on any atom is -0.370 e. The average Bonchev–Trinajstić information content (AvgIpc) is 3.28. The standard InChI is InChI=1S/C25H24BClN6O2S/c26-21-15-30-33-24(12-23(31-25(21)33)20-5-1-2-6-22(20)27)29-14-18-4-3-11-32(16-18)36(34,35)19-9-7-17(13-28)8-10-19/h1-2,5-10,12,15,18,29H,3-4,11,14,16,26H2. The van der Waals surface area contributed by atoms with E-state index in [9.17, 15) is 8.42 Å². The molecule has 182 valence electrons. The van der Waals surface area contributed by atoms with Crippen molar-refractivity contribution in [3.63, 3.8) is 0 Å². The second kappa shape index (κ2) is 9.93. The van der Waals surface area contributed by atoms with E-state index in [1.165, 1.54) is 24.3 Å². The molecule has 1 N–H and O–H groups in total. The molecule has 1 fully saturated rings. The Balaban J connectivity index is 1.36. The number of hydrogen-bond acceptors (Lipinski definition) is 6. The maximum Gasteiger partial charge on any atom is 0.243 e. The molecule has 36 heavy (non-hydrogen) atoms. The molecule has 0 bridgehead atoms. The number of halogens is 1. The van der Waals surface area contributed by atoms with Crippen molar-refractivity contribution in [3.05, 3.63) is 71.4 Å². The largest absolute Gasteiger partial charge is 0.370 e. The molecule has 1 aliphatic rings. The molecule has 0 amide bonds. The molecule has 0 saturated carbocycles. The van der Waals surface area contributed by atoms with Crippen LogP contribution in [0.15, 0.2) is 65.7 Å². The van der Waals surface area contributed by atoms with Gasteiger partial charge in [-0.3, -0.25) is 0 Å². The van der Waals surface area contributed by atoms with Crippen molar-refractivity contribution in [1.29, 1.82) is 5.26 Å². The third kappa shape index (κ3) is 4.70. The monoisotopic (exact) mass is 518 g/mol. The van der Waals surface area contributed by atoms with E-state index in [0.717, 1.165) is 41.0 Å². The first-order chi connectivity index (χ1) is 17.4. The zero-order valence-electron chi connectivity index (χ0n) is 19.7. The van der Waals surface area contributed by atoms with Crippen LogP contribution in [0.25, 0.3) is 16.9 Å². The summed E-state index contributed by atoms with van der Waals surface area (Å²) in [6, 6.07) is 17.6. The number of hydrogen-bond donors (Lipinski definition) is 1. The Labute approximate surface area is 216 Å². The van der Waals surface area contributed by atoms with Gasteiger partial charge in [-0.05, 0) is 54.6 Å². The van der Waals surface area contributed by atoms with Crippen molar-refractivity contribution in [2.24, 2.45) is 5.92 Å². The average molecular weight is 519 g/mol. The molecule has 1 aliphatic heterocycles. The molecule has 2 aromatic carbocycles. The first-order valence-electron chi connectivity index (χ1n) is 11.7. The number of piperidine rings is 1. The summed E-state index contributed by atoms with van der Waals surface area (Å²) in [4.78, 5) is 4.99. The smallest absolute Gasteiger partial charge is 0.243 e. The van der Waals surface area contributed by atoms with E-state index in [1.54, 1.807) is 15.0 Å². The first-order valence-corrected chi connectivity index (χ1v) is 13.5. The number of nitrogens with zero attached hydrogens (tertiary/aromatic N) is 5. The second-order valence-electron chi connectivity index (χ2n) is 8.96. The van der Waals surface area contributed by atoms with Crippen LogP contribution in [0.4, 0.5) is 5.82 Å². The van der Waals surface area contributed by atoms with Crippen LogP contribution in [-0.4, -0.2) is 54.8 Å².